The second-order valence-corrected chi connectivity index (χ2v) is 3.95. The second-order valence-electron chi connectivity index (χ2n) is 3.54. The zero-order valence-corrected chi connectivity index (χ0v) is 10.9. The van der Waals surface area contributed by atoms with Gasteiger partial charge < -0.3 is 20.0 Å². The minimum Gasteiger partial charge on any atom is -0.444 e. The summed E-state index contributed by atoms with van der Waals surface area (Å²) in [4.78, 5) is 6.35. The first kappa shape index (κ1) is 12.8. The van der Waals surface area contributed by atoms with Gasteiger partial charge in [0.25, 0.3) is 0 Å². The molecule has 0 aliphatic rings. The molecule has 0 radical (unpaired) electrons. The maximum absolute atomic E-state index is 5.37. The molecule has 2 N–H and O–H groups in total. The molecule has 5 nitrogen and oxygen atoms in total. The largest absolute Gasteiger partial charge is 0.444 e. The van der Waals surface area contributed by atoms with E-state index in [9.17, 15) is 0 Å². The molecule has 0 spiro atoms. The van der Waals surface area contributed by atoms with E-state index in [4.69, 9.17) is 16.6 Å². The molecule has 0 aromatic carbocycles. The minimum atomic E-state index is 0.654. The molecule has 16 heavy (non-hydrogen) atoms. The van der Waals surface area contributed by atoms with Gasteiger partial charge in [-0.15, -0.1) is 0 Å². The van der Waals surface area contributed by atoms with E-state index in [2.05, 4.69) is 15.6 Å². The summed E-state index contributed by atoms with van der Waals surface area (Å²) in [5.74, 6) is 2.42. The highest BCUT2D eigenvalue weighted by Crippen LogP contribution is 2.17. The predicted octanol–water partition coefficient (Wildman–Crippen LogP) is 0.822. The molecule has 0 atom stereocenters. The van der Waals surface area contributed by atoms with Gasteiger partial charge in [0, 0.05) is 34.1 Å². The molecule has 0 saturated heterocycles. The van der Waals surface area contributed by atoms with Crippen molar-refractivity contribution in [1.29, 1.82) is 0 Å². The Kier molecular flexibility index (Phi) is 4.54. The third-order valence-electron chi connectivity index (χ3n) is 2.20. The number of hydrogen-bond acceptors (Lipinski definition) is 4. The van der Waals surface area contributed by atoms with Crippen LogP contribution in [0.2, 0.25) is 0 Å². The van der Waals surface area contributed by atoms with Crippen molar-refractivity contribution < 1.29 is 4.42 Å². The molecule has 0 fully saturated rings. The van der Waals surface area contributed by atoms with Crippen LogP contribution in [-0.2, 0) is 0 Å². The van der Waals surface area contributed by atoms with Crippen LogP contribution in [0.25, 0.3) is 0 Å². The van der Waals surface area contributed by atoms with E-state index >= 15 is 0 Å². The molecule has 1 aromatic heterocycles. The molecular formula is C10H18N4OS. The smallest absolute Gasteiger partial charge is 0.193 e. The van der Waals surface area contributed by atoms with E-state index in [0.29, 0.717) is 11.0 Å². The van der Waals surface area contributed by atoms with Crippen molar-refractivity contribution in [2.45, 2.75) is 13.8 Å². The van der Waals surface area contributed by atoms with Gasteiger partial charge in [-0.2, -0.15) is 4.98 Å². The van der Waals surface area contributed by atoms with Crippen LogP contribution < -0.4 is 15.5 Å². The highest BCUT2D eigenvalue weighted by molar-refractivity contribution is 7.80. The lowest BCUT2D eigenvalue weighted by Crippen LogP contribution is -2.37. The zero-order valence-electron chi connectivity index (χ0n) is 10.1. The Morgan fingerprint density at radius 3 is 2.69 bits per heavy atom. The number of anilines is 1. The number of rotatable bonds is 4. The van der Waals surface area contributed by atoms with E-state index in [1.165, 1.54) is 0 Å². The average molecular weight is 242 g/mol. The van der Waals surface area contributed by atoms with Crippen LogP contribution in [0.1, 0.15) is 11.7 Å². The Morgan fingerprint density at radius 2 is 2.19 bits per heavy atom. The summed E-state index contributed by atoms with van der Waals surface area (Å²) in [6, 6.07) is 0. The van der Waals surface area contributed by atoms with Crippen LogP contribution >= 0.6 is 12.2 Å². The molecule has 0 saturated carbocycles. The lowest BCUT2D eigenvalue weighted by atomic mass is 10.4. The van der Waals surface area contributed by atoms with Crippen molar-refractivity contribution >= 4 is 23.1 Å². The van der Waals surface area contributed by atoms with Crippen LogP contribution in [-0.4, -0.2) is 37.3 Å². The highest BCUT2D eigenvalue weighted by atomic mass is 32.1. The highest BCUT2D eigenvalue weighted by Gasteiger charge is 2.10. The summed E-state index contributed by atoms with van der Waals surface area (Å²) in [5, 5.41) is 6.60. The maximum atomic E-state index is 5.37. The molecule has 0 aliphatic heterocycles. The first-order valence-electron chi connectivity index (χ1n) is 5.15. The zero-order chi connectivity index (χ0) is 12.1. The Balaban J connectivity index is 2.43. The van der Waals surface area contributed by atoms with Gasteiger partial charge in [0.05, 0.1) is 0 Å². The van der Waals surface area contributed by atoms with Crippen molar-refractivity contribution in [3.63, 3.8) is 0 Å². The first-order chi connectivity index (χ1) is 7.54. The van der Waals surface area contributed by atoms with E-state index in [1.54, 1.807) is 7.05 Å². The van der Waals surface area contributed by atoms with E-state index < -0.39 is 0 Å². The van der Waals surface area contributed by atoms with Crippen molar-refractivity contribution in [1.82, 2.24) is 15.6 Å². The van der Waals surface area contributed by atoms with Crippen LogP contribution in [0.15, 0.2) is 4.42 Å². The number of thiocarbonyl (C=S) groups is 1. The lowest BCUT2D eigenvalue weighted by Gasteiger charge is -2.17. The molecule has 0 unspecified atom stereocenters. The monoisotopic (exact) mass is 242 g/mol. The fourth-order valence-electron chi connectivity index (χ4n) is 1.40. The molecule has 90 valence electrons. The third kappa shape index (κ3) is 3.37. The standard InChI is InChI=1S/C10H18N4OS/c1-7-9(13-8(2)15-7)14(4)6-5-12-10(16)11-3/h5-6H2,1-4H3,(H2,11,12,16). The Morgan fingerprint density at radius 1 is 1.50 bits per heavy atom. The van der Waals surface area contributed by atoms with Gasteiger partial charge in [0.2, 0.25) is 0 Å². The predicted molar refractivity (Wildman–Crippen MR) is 68.9 cm³/mol. The maximum Gasteiger partial charge on any atom is 0.193 e. The summed E-state index contributed by atoms with van der Waals surface area (Å²) >= 11 is 4.98. The summed E-state index contributed by atoms with van der Waals surface area (Å²) in [7, 11) is 3.78. The van der Waals surface area contributed by atoms with Gasteiger partial charge in [0.1, 0.15) is 5.76 Å². The Labute approximate surface area is 101 Å². The van der Waals surface area contributed by atoms with Gasteiger partial charge in [-0.3, -0.25) is 0 Å². The molecule has 0 bridgehead atoms. The summed E-state index contributed by atoms with van der Waals surface area (Å²) in [6.07, 6.45) is 0. The topological polar surface area (TPSA) is 53.3 Å². The minimum absolute atomic E-state index is 0.654. The van der Waals surface area contributed by atoms with Crippen LogP contribution in [0.3, 0.4) is 0 Å². The molecular weight excluding hydrogens is 224 g/mol. The average Bonchev–Trinajstić information content (AvgIpc) is 2.57. The van der Waals surface area contributed by atoms with Crippen LogP contribution in [0.4, 0.5) is 5.82 Å². The summed E-state index contributed by atoms with van der Waals surface area (Å²) in [6.45, 7) is 5.34. The van der Waals surface area contributed by atoms with Crippen molar-refractivity contribution in [3.8, 4) is 0 Å². The van der Waals surface area contributed by atoms with Crippen LogP contribution in [0, 0.1) is 13.8 Å². The normalized spacial score (nSPS) is 10.0. The number of hydrogen-bond donors (Lipinski definition) is 2. The van der Waals surface area contributed by atoms with Gasteiger partial charge >= 0.3 is 0 Å². The number of nitrogens with zero attached hydrogens (tertiary/aromatic N) is 2. The number of aryl methyl sites for hydroxylation is 2. The molecule has 1 heterocycles. The fourth-order valence-corrected chi connectivity index (χ4v) is 1.51. The molecule has 1 aromatic rings. The Bertz CT molecular complexity index is 364. The van der Waals surface area contributed by atoms with Crippen LogP contribution in [0.5, 0.6) is 0 Å². The first-order valence-corrected chi connectivity index (χ1v) is 5.56. The van der Waals surface area contributed by atoms with Gasteiger partial charge in [-0.05, 0) is 19.1 Å². The Hall–Kier alpha value is -1.30. The summed E-state index contributed by atoms with van der Waals surface area (Å²) in [5.41, 5.74) is 0. The van der Waals surface area contributed by atoms with E-state index in [1.807, 2.05) is 25.8 Å². The van der Waals surface area contributed by atoms with Gasteiger partial charge in [-0.1, -0.05) is 0 Å². The van der Waals surface area contributed by atoms with E-state index in [-0.39, 0.29) is 0 Å². The summed E-state index contributed by atoms with van der Waals surface area (Å²) < 4.78 is 5.37. The molecule has 6 heteroatoms. The van der Waals surface area contributed by atoms with Crippen molar-refractivity contribution in [2.75, 3.05) is 32.1 Å². The van der Waals surface area contributed by atoms with Gasteiger partial charge in [0.15, 0.2) is 16.8 Å². The fraction of sp³-hybridized carbons (Fsp3) is 0.600. The second kappa shape index (κ2) is 5.69. The SMILES string of the molecule is CNC(=S)NCCN(C)c1nc(C)oc1C. The number of aromatic nitrogens is 1. The quantitative estimate of drug-likeness (QED) is 0.763. The van der Waals surface area contributed by atoms with Crippen molar-refractivity contribution in [2.24, 2.45) is 0 Å². The molecule has 0 aliphatic carbocycles. The number of likely N-dealkylation sites (N-methyl/N-ethyl adjacent to an activating group) is 1. The third-order valence-corrected chi connectivity index (χ3v) is 2.55. The number of oxazole rings is 1. The van der Waals surface area contributed by atoms with Crippen molar-refractivity contribution in [3.05, 3.63) is 11.7 Å². The molecule has 0 amide bonds. The van der Waals surface area contributed by atoms with Gasteiger partial charge in [-0.25, -0.2) is 0 Å². The molecule has 1 rings (SSSR count). The lowest BCUT2D eigenvalue weighted by molar-refractivity contribution is 0.494. The number of nitrogens with one attached hydrogen (secondary N) is 2. The van der Waals surface area contributed by atoms with E-state index in [0.717, 1.165) is 24.7 Å².